The summed E-state index contributed by atoms with van der Waals surface area (Å²) < 4.78 is 6.04. The normalized spacial score (nSPS) is 10.5. The van der Waals surface area contributed by atoms with E-state index in [-0.39, 0.29) is 0 Å². The molecule has 0 aliphatic rings. The SMILES string of the molecule is Cc1cc(Nc2ccnc(Nc3ccc(C)c(Br)c3)n2)no1. The predicted octanol–water partition coefficient (Wildman–Crippen LogP) is 4.33. The zero-order valence-corrected chi connectivity index (χ0v) is 13.7. The highest BCUT2D eigenvalue weighted by Gasteiger charge is 2.04. The van der Waals surface area contributed by atoms with E-state index < -0.39 is 0 Å². The molecule has 0 saturated heterocycles. The van der Waals surface area contributed by atoms with Gasteiger partial charge in [0, 0.05) is 22.4 Å². The fourth-order valence-electron chi connectivity index (χ4n) is 1.84. The molecule has 0 aliphatic carbocycles. The van der Waals surface area contributed by atoms with Crippen LogP contribution in [0.25, 0.3) is 0 Å². The molecule has 2 aromatic heterocycles. The van der Waals surface area contributed by atoms with Crippen molar-refractivity contribution in [2.45, 2.75) is 13.8 Å². The lowest BCUT2D eigenvalue weighted by Crippen LogP contribution is -2.00. The molecule has 0 atom stereocenters. The van der Waals surface area contributed by atoms with Crippen LogP contribution in [-0.4, -0.2) is 15.1 Å². The molecule has 7 heteroatoms. The standard InChI is InChI=1S/C15H14BrN5O/c1-9-3-4-11(8-12(9)16)18-15-17-6-5-13(20-15)19-14-7-10(2)22-21-14/h3-8H,1-2H3,(H2,17,18,19,20,21). The van der Waals surface area contributed by atoms with E-state index in [0.29, 0.717) is 17.6 Å². The molecule has 0 amide bonds. The topological polar surface area (TPSA) is 75.9 Å². The first kappa shape index (κ1) is 14.5. The minimum absolute atomic E-state index is 0.501. The van der Waals surface area contributed by atoms with Gasteiger partial charge in [-0.3, -0.25) is 0 Å². The van der Waals surface area contributed by atoms with Crippen molar-refractivity contribution in [3.63, 3.8) is 0 Å². The summed E-state index contributed by atoms with van der Waals surface area (Å²) >= 11 is 3.51. The van der Waals surface area contributed by atoms with Crippen molar-refractivity contribution >= 4 is 39.2 Å². The molecule has 0 radical (unpaired) electrons. The summed E-state index contributed by atoms with van der Waals surface area (Å²) in [5.41, 5.74) is 2.08. The quantitative estimate of drug-likeness (QED) is 0.721. The molecule has 0 saturated carbocycles. The van der Waals surface area contributed by atoms with Gasteiger partial charge in [-0.15, -0.1) is 0 Å². The Bertz CT molecular complexity index is 802. The number of anilines is 4. The van der Waals surface area contributed by atoms with Crippen LogP contribution in [0.15, 0.2) is 45.5 Å². The molecule has 1 aromatic carbocycles. The largest absolute Gasteiger partial charge is 0.360 e. The Labute approximate surface area is 136 Å². The van der Waals surface area contributed by atoms with E-state index >= 15 is 0 Å². The van der Waals surface area contributed by atoms with Crippen LogP contribution in [0.5, 0.6) is 0 Å². The van der Waals surface area contributed by atoms with E-state index in [0.717, 1.165) is 15.9 Å². The van der Waals surface area contributed by atoms with Crippen LogP contribution in [0.3, 0.4) is 0 Å². The molecule has 0 unspecified atom stereocenters. The number of nitrogens with one attached hydrogen (secondary N) is 2. The zero-order valence-electron chi connectivity index (χ0n) is 12.1. The van der Waals surface area contributed by atoms with E-state index in [2.05, 4.69) is 41.7 Å². The molecule has 3 aromatic rings. The Morgan fingerprint density at radius 2 is 1.91 bits per heavy atom. The summed E-state index contributed by atoms with van der Waals surface area (Å²) in [5.74, 6) is 2.48. The Morgan fingerprint density at radius 3 is 2.64 bits per heavy atom. The summed E-state index contributed by atoms with van der Waals surface area (Å²) in [6.07, 6.45) is 1.67. The first-order chi connectivity index (χ1) is 10.6. The molecular formula is C15H14BrN5O. The minimum Gasteiger partial charge on any atom is -0.360 e. The second-order valence-electron chi connectivity index (χ2n) is 4.80. The van der Waals surface area contributed by atoms with E-state index in [1.807, 2.05) is 32.0 Å². The molecule has 2 heterocycles. The Kier molecular flexibility index (Phi) is 4.06. The van der Waals surface area contributed by atoms with Crippen LogP contribution in [-0.2, 0) is 0 Å². The maximum absolute atomic E-state index is 5.01. The maximum Gasteiger partial charge on any atom is 0.229 e. The number of hydrogen-bond donors (Lipinski definition) is 2. The van der Waals surface area contributed by atoms with Crippen LogP contribution in [0.2, 0.25) is 0 Å². The van der Waals surface area contributed by atoms with Gasteiger partial charge in [0.15, 0.2) is 5.82 Å². The highest BCUT2D eigenvalue weighted by Crippen LogP contribution is 2.23. The third-order valence-electron chi connectivity index (χ3n) is 2.97. The monoisotopic (exact) mass is 359 g/mol. The highest BCUT2D eigenvalue weighted by molar-refractivity contribution is 9.10. The Balaban J connectivity index is 1.77. The number of aromatic nitrogens is 3. The fourth-order valence-corrected chi connectivity index (χ4v) is 2.22. The molecule has 3 rings (SSSR count). The summed E-state index contributed by atoms with van der Waals surface area (Å²) in [6.45, 7) is 3.87. The highest BCUT2D eigenvalue weighted by atomic mass is 79.9. The van der Waals surface area contributed by atoms with Gasteiger partial charge in [0.2, 0.25) is 5.95 Å². The Hall–Kier alpha value is -2.41. The third kappa shape index (κ3) is 3.43. The minimum atomic E-state index is 0.501. The van der Waals surface area contributed by atoms with Crippen LogP contribution >= 0.6 is 15.9 Å². The van der Waals surface area contributed by atoms with E-state index in [4.69, 9.17) is 4.52 Å². The second-order valence-corrected chi connectivity index (χ2v) is 5.66. The van der Waals surface area contributed by atoms with Crippen LogP contribution in [0, 0.1) is 13.8 Å². The summed E-state index contributed by atoms with van der Waals surface area (Å²) in [4.78, 5) is 8.61. The summed E-state index contributed by atoms with van der Waals surface area (Å²) in [7, 11) is 0. The van der Waals surface area contributed by atoms with Crippen molar-refractivity contribution in [3.8, 4) is 0 Å². The molecule has 112 valence electrons. The van der Waals surface area contributed by atoms with Crippen molar-refractivity contribution < 1.29 is 4.52 Å². The van der Waals surface area contributed by atoms with Gasteiger partial charge in [-0.2, -0.15) is 4.98 Å². The van der Waals surface area contributed by atoms with Crippen molar-refractivity contribution in [3.05, 3.63) is 52.3 Å². The van der Waals surface area contributed by atoms with Crippen LogP contribution in [0.4, 0.5) is 23.3 Å². The average molecular weight is 360 g/mol. The number of benzene rings is 1. The van der Waals surface area contributed by atoms with Gasteiger partial charge in [-0.25, -0.2) is 4.98 Å². The molecule has 0 aliphatic heterocycles. The fraction of sp³-hybridized carbons (Fsp3) is 0.133. The Morgan fingerprint density at radius 1 is 1.05 bits per heavy atom. The van der Waals surface area contributed by atoms with Gasteiger partial charge < -0.3 is 15.2 Å². The van der Waals surface area contributed by atoms with Gasteiger partial charge in [0.25, 0.3) is 0 Å². The molecule has 0 fully saturated rings. The third-order valence-corrected chi connectivity index (χ3v) is 3.82. The number of rotatable bonds is 4. The number of aryl methyl sites for hydroxylation is 2. The van der Waals surface area contributed by atoms with Crippen molar-refractivity contribution in [1.82, 2.24) is 15.1 Å². The van der Waals surface area contributed by atoms with Crippen LogP contribution < -0.4 is 10.6 Å². The van der Waals surface area contributed by atoms with Crippen molar-refractivity contribution in [2.24, 2.45) is 0 Å². The zero-order chi connectivity index (χ0) is 15.5. The molecule has 0 bridgehead atoms. The van der Waals surface area contributed by atoms with Crippen molar-refractivity contribution in [2.75, 3.05) is 10.6 Å². The van der Waals surface area contributed by atoms with E-state index in [1.54, 1.807) is 18.3 Å². The van der Waals surface area contributed by atoms with Gasteiger partial charge in [0.05, 0.1) is 0 Å². The number of hydrogen-bond acceptors (Lipinski definition) is 6. The van der Waals surface area contributed by atoms with E-state index in [9.17, 15) is 0 Å². The summed E-state index contributed by atoms with van der Waals surface area (Å²) in [5, 5.41) is 10.1. The van der Waals surface area contributed by atoms with Crippen molar-refractivity contribution in [1.29, 1.82) is 0 Å². The molecule has 2 N–H and O–H groups in total. The smallest absolute Gasteiger partial charge is 0.229 e. The predicted molar refractivity (Wildman–Crippen MR) is 88.7 cm³/mol. The first-order valence-corrected chi connectivity index (χ1v) is 7.46. The van der Waals surface area contributed by atoms with Crippen LogP contribution in [0.1, 0.15) is 11.3 Å². The first-order valence-electron chi connectivity index (χ1n) is 6.67. The molecular weight excluding hydrogens is 346 g/mol. The van der Waals surface area contributed by atoms with E-state index in [1.165, 1.54) is 5.56 Å². The van der Waals surface area contributed by atoms with Gasteiger partial charge >= 0.3 is 0 Å². The lowest BCUT2D eigenvalue weighted by atomic mass is 10.2. The second kappa shape index (κ2) is 6.15. The maximum atomic E-state index is 5.01. The van der Waals surface area contributed by atoms with Gasteiger partial charge in [-0.05, 0) is 37.6 Å². The summed E-state index contributed by atoms with van der Waals surface area (Å²) in [6, 6.07) is 9.55. The lowest BCUT2D eigenvalue weighted by molar-refractivity contribution is 0.400. The average Bonchev–Trinajstić information content (AvgIpc) is 2.89. The molecule has 0 spiro atoms. The molecule has 6 nitrogen and oxygen atoms in total. The van der Waals surface area contributed by atoms with Gasteiger partial charge in [-0.1, -0.05) is 27.2 Å². The van der Waals surface area contributed by atoms with Gasteiger partial charge in [0.1, 0.15) is 11.6 Å². The number of halogens is 1. The lowest BCUT2D eigenvalue weighted by Gasteiger charge is -2.08. The number of nitrogens with zero attached hydrogens (tertiary/aromatic N) is 3. The molecule has 22 heavy (non-hydrogen) atoms.